The number of anilines is 1. The first kappa shape index (κ1) is 22.0. The number of carbonyl (C=O) groups is 1. The van der Waals surface area contributed by atoms with E-state index in [0.29, 0.717) is 23.9 Å². The number of nitrogens with zero attached hydrogens (tertiary/aromatic N) is 2. The third-order valence-corrected chi connectivity index (χ3v) is 5.71. The molecule has 1 N–H and O–H groups in total. The highest BCUT2D eigenvalue weighted by molar-refractivity contribution is 6.30. The standard InChI is InChI=1S/C25H26ClN3O3/c1-3-32-25(30)23-15-18-5-4-6-22(28-27-20-11-9-19(26)10-12-20)24(18)29(23)16-17-7-13-21(31-2)14-8-17/h7-15,27H,3-6,16H2,1-2H3/b28-22+. The van der Waals surface area contributed by atoms with Crippen LogP contribution in [-0.4, -0.2) is 30.0 Å². The molecule has 2 aromatic carbocycles. The molecule has 1 aliphatic carbocycles. The van der Waals surface area contributed by atoms with Gasteiger partial charge in [-0.05, 0) is 79.8 Å². The summed E-state index contributed by atoms with van der Waals surface area (Å²) >= 11 is 5.98. The van der Waals surface area contributed by atoms with Gasteiger partial charge in [-0.2, -0.15) is 5.10 Å². The lowest BCUT2D eigenvalue weighted by molar-refractivity contribution is 0.0514. The molecule has 0 atom stereocenters. The van der Waals surface area contributed by atoms with Crippen LogP contribution in [0.25, 0.3) is 0 Å². The number of aryl methyl sites for hydroxylation is 1. The van der Waals surface area contributed by atoms with Crippen molar-refractivity contribution in [3.05, 3.63) is 82.1 Å². The van der Waals surface area contributed by atoms with Crippen molar-refractivity contribution in [2.24, 2.45) is 5.10 Å². The van der Waals surface area contributed by atoms with Gasteiger partial charge in [0.2, 0.25) is 0 Å². The lowest BCUT2D eigenvalue weighted by Crippen LogP contribution is -2.21. The van der Waals surface area contributed by atoms with Gasteiger partial charge in [0, 0.05) is 11.6 Å². The fourth-order valence-corrected chi connectivity index (χ4v) is 4.04. The summed E-state index contributed by atoms with van der Waals surface area (Å²) in [6, 6.07) is 17.2. The Bertz CT molecular complexity index is 1120. The van der Waals surface area contributed by atoms with Crippen LogP contribution >= 0.6 is 11.6 Å². The first-order valence-electron chi connectivity index (χ1n) is 10.7. The number of methoxy groups -OCH3 is 1. The predicted octanol–water partition coefficient (Wildman–Crippen LogP) is 5.53. The quantitative estimate of drug-likeness (QED) is 0.379. The second-order valence-corrected chi connectivity index (χ2v) is 8.03. The van der Waals surface area contributed by atoms with Gasteiger partial charge in [0.15, 0.2) is 0 Å². The number of benzene rings is 2. The molecular weight excluding hydrogens is 426 g/mol. The van der Waals surface area contributed by atoms with Crippen LogP contribution in [0.1, 0.15) is 47.1 Å². The predicted molar refractivity (Wildman–Crippen MR) is 127 cm³/mol. The van der Waals surface area contributed by atoms with Crippen molar-refractivity contribution < 1.29 is 14.3 Å². The van der Waals surface area contributed by atoms with Crippen molar-refractivity contribution in [3.8, 4) is 5.75 Å². The van der Waals surface area contributed by atoms with Gasteiger partial charge in [0.05, 0.1) is 30.8 Å². The number of ether oxygens (including phenoxy) is 2. The van der Waals surface area contributed by atoms with Gasteiger partial charge in [-0.1, -0.05) is 23.7 Å². The molecule has 3 aromatic rings. The van der Waals surface area contributed by atoms with Crippen LogP contribution in [0.4, 0.5) is 5.69 Å². The van der Waals surface area contributed by atoms with E-state index < -0.39 is 0 Å². The molecule has 1 aliphatic rings. The Morgan fingerprint density at radius 2 is 1.88 bits per heavy atom. The molecular formula is C25H26ClN3O3. The van der Waals surface area contributed by atoms with Gasteiger partial charge in [0.25, 0.3) is 0 Å². The Labute approximate surface area is 192 Å². The summed E-state index contributed by atoms with van der Waals surface area (Å²) in [6.07, 6.45) is 2.70. The molecule has 0 amide bonds. The summed E-state index contributed by atoms with van der Waals surface area (Å²) in [7, 11) is 1.65. The third kappa shape index (κ3) is 4.81. The smallest absolute Gasteiger partial charge is 0.354 e. The minimum absolute atomic E-state index is 0.319. The Hall–Kier alpha value is -3.25. The van der Waals surface area contributed by atoms with Crippen molar-refractivity contribution in [1.82, 2.24) is 4.57 Å². The largest absolute Gasteiger partial charge is 0.497 e. The zero-order valence-electron chi connectivity index (χ0n) is 18.2. The van der Waals surface area contributed by atoms with Gasteiger partial charge < -0.3 is 14.0 Å². The molecule has 166 valence electrons. The maximum atomic E-state index is 12.8. The fraction of sp³-hybridized carbons (Fsp3) is 0.280. The third-order valence-electron chi connectivity index (χ3n) is 5.46. The van der Waals surface area contributed by atoms with E-state index >= 15 is 0 Å². The Morgan fingerprint density at radius 1 is 1.12 bits per heavy atom. The zero-order valence-corrected chi connectivity index (χ0v) is 19.0. The van der Waals surface area contributed by atoms with Crippen LogP contribution in [0, 0.1) is 0 Å². The minimum Gasteiger partial charge on any atom is -0.497 e. The molecule has 0 saturated carbocycles. The highest BCUT2D eigenvalue weighted by Gasteiger charge is 2.27. The van der Waals surface area contributed by atoms with E-state index in [0.717, 1.165) is 53.2 Å². The molecule has 0 aliphatic heterocycles. The summed E-state index contributed by atoms with van der Waals surface area (Å²) in [6.45, 7) is 2.68. The highest BCUT2D eigenvalue weighted by Crippen LogP contribution is 2.28. The Balaban J connectivity index is 1.72. The number of halogens is 1. The maximum absolute atomic E-state index is 12.8. The number of hydrogen-bond donors (Lipinski definition) is 1. The second-order valence-electron chi connectivity index (χ2n) is 7.59. The second kappa shape index (κ2) is 9.92. The summed E-state index contributed by atoms with van der Waals surface area (Å²) in [5.74, 6) is 0.476. The van der Waals surface area contributed by atoms with E-state index in [2.05, 4.69) is 5.43 Å². The molecule has 4 rings (SSSR count). The van der Waals surface area contributed by atoms with Gasteiger partial charge in [-0.15, -0.1) is 0 Å². The zero-order chi connectivity index (χ0) is 22.5. The number of hydrogen-bond acceptors (Lipinski definition) is 5. The van der Waals surface area contributed by atoms with Crippen molar-refractivity contribution >= 4 is 29.0 Å². The molecule has 32 heavy (non-hydrogen) atoms. The lowest BCUT2D eigenvalue weighted by atomic mass is 9.96. The number of carbonyl (C=O) groups excluding carboxylic acids is 1. The van der Waals surface area contributed by atoms with Gasteiger partial charge >= 0.3 is 5.97 Å². The molecule has 0 unspecified atom stereocenters. The first-order valence-corrected chi connectivity index (χ1v) is 11.1. The monoisotopic (exact) mass is 451 g/mol. The van der Waals surface area contributed by atoms with E-state index in [1.807, 2.05) is 66.1 Å². The molecule has 0 radical (unpaired) electrons. The number of fused-ring (bicyclic) bond motifs is 1. The van der Waals surface area contributed by atoms with Crippen molar-refractivity contribution in [3.63, 3.8) is 0 Å². The van der Waals surface area contributed by atoms with Crippen LogP contribution in [0.15, 0.2) is 59.7 Å². The van der Waals surface area contributed by atoms with E-state index in [1.165, 1.54) is 0 Å². The Morgan fingerprint density at radius 3 is 2.56 bits per heavy atom. The van der Waals surface area contributed by atoms with E-state index in [1.54, 1.807) is 7.11 Å². The van der Waals surface area contributed by atoms with Crippen LogP contribution in [0.2, 0.25) is 5.02 Å². The van der Waals surface area contributed by atoms with E-state index in [4.69, 9.17) is 26.2 Å². The first-order chi connectivity index (χ1) is 15.6. The summed E-state index contributed by atoms with van der Waals surface area (Å²) in [5.41, 5.74) is 8.62. The highest BCUT2D eigenvalue weighted by atomic mass is 35.5. The molecule has 6 nitrogen and oxygen atoms in total. The number of rotatable bonds is 7. The normalized spacial score (nSPS) is 14.2. The van der Waals surface area contributed by atoms with Crippen LogP contribution < -0.4 is 10.2 Å². The van der Waals surface area contributed by atoms with Crippen molar-refractivity contribution in [1.29, 1.82) is 0 Å². The SMILES string of the molecule is CCOC(=O)c1cc2c(n1Cc1ccc(OC)cc1)/C(=N/Nc1ccc(Cl)cc1)CCC2. The van der Waals surface area contributed by atoms with E-state index in [-0.39, 0.29) is 5.97 Å². The fourth-order valence-electron chi connectivity index (χ4n) is 3.92. The Kier molecular flexibility index (Phi) is 6.81. The maximum Gasteiger partial charge on any atom is 0.354 e. The van der Waals surface area contributed by atoms with Crippen molar-refractivity contribution in [2.75, 3.05) is 19.1 Å². The molecule has 7 heteroatoms. The van der Waals surface area contributed by atoms with Gasteiger partial charge in [-0.25, -0.2) is 4.79 Å². The summed E-state index contributed by atoms with van der Waals surface area (Å²) in [5, 5.41) is 5.38. The molecule has 0 spiro atoms. The molecule has 0 fully saturated rings. The van der Waals surface area contributed by atoms with Crippen LogP contribution in [-0.2, 0) is 17.7 Å². The molecule has 0 bridgehead atoms. The summed E-state index contributed by atoms with van der Waals surface area (Å²) in [4.78, 5) is 12.8. The number of hydrazone groups is 1. The van der Waals surface area contributed by atoms with Crippen LogP contribution in [0.3, 0.4) is 0 Å². The molecule has 1 aromatic heterocycles. The summed E-state index contributed by atoms with van der Waals surface area (Å²) < 4.78 is 12.6. The average Bonchev–Trinajstić information content (AvgIpc) is 3.18. The van der Waals surface area contributed by atoms with Gasteiger partial charge in [0.1, 0.15) is 11.4 Å². The van der Waals surface area contributed by atoms with Crippen molar-refractivity contribution in [2.45, 2.75) is 32.7 Å². The molecule has 0 saturated heterocycles. The topological polar surface area (TPSA) is 64.8 Å². The lowest BCUT2D eigenvalue weighted by Gasteiger charge is -2.19. The minimum atomic E-state index is -0.319. The number of esters is 1. The number of nitrogens with one attached hydrogen (secondary N) is 1. The van der Waals surface area contributed by atoms with Crippen LogP contribution in [0.5, 0.6) is 5.75 Å². The average molecular weight is 452 g/mol. The van der Waals surface area contributed by atoms with Gasteiger partial charge in [-0.3, -0.25) is 5.43 Å². The van der Waals surface area contributed by atoms with E-state index in [9.17, 15) is 4.79 Å². The molecule has 1 heterocycles. The number of aromatic nitrogens is 1.